The van der Waals surface area contributed by atoms with Crippen LogP contribution in [0, 0.1) is 19.3 Å². The van der Waals surface area contributed by atoms with Gasteiger partial charge in [-0.05, 0) is 44.0 Å². The molecular weight excluding hydrogens is 252 g/mol. The Kier molecular flexibility index (Phi) is 4.08. The van der Waals surface area contributed by atoms with E-state index < -0.39 is 0 Å². The largest absolute Gasteiger partial charge is 0.488 e. The maximum absolute atomic E-state index is 7.49. The highest BCUT2D eigenvalue weighted by atomic mass is 16.5. The lowest BCUT2D eigenvalue weighted by Gasteiger charge is -2.13. The van der Waals surface area contributed by atoms with Crippen LogP contribution in [0.15, 0.2) is 24.5 Å². The number of nitrogens with zero attached hydrogens (tertiary/aromatic N) is 2. The summed E-state index contributed by atoms with van der Waals surface area (Å²) in [5.41, 5.74) is 9.26. The number of hydrogen-bond acceptors (Lipinski definition) is 3. The highest BCUT2D eigenvalue weighted by molar-refractivity contribution is 5.95. The zero-order valence-electron chi connectivity index (χ0n) is 12.1. The van der Waals surface area contributed by atoms with Gasteiger partial charge in [0.25, 0.3) is 0 Å². The van der Waals surface area contributed by atoms with Gasteiger partial charge >= 0.3 is 0 Å². The van der Waals surface area contributed by atoms with Gasteiger partial charge in [-0.25, -0.2) is 0 Å². The number of ether oxygens (including phenoxy) is 1. The van der Waals surface area contributed by atoms with Crippen molar-refractivity contribution in [2.24, 2.45) is 5.73 Å². The van der Waals surface area contributed by atoms with E-state index in [0.717, 1.165) is 34.5 Å². The molecule has 1 aromatic heterocycles. The zero-order chi connectivity index (χ0) is 14.7. The van der Waals surface area contributed by atoms with Crippen molar-refractivity contribution in [2.75, 3.05) is 0 Å². The number of hydrogen-bond donors (Lipinski definition) is 2. The van der Waals surface area contributed by atoms with Gasteiger partial charge in [-0.1, -0.05) is 0 Å². The minimum atomic E-state index is 0.0759. The number of aryl methyl sites for hydroxylation is 3. The van der Waals surface area contributed by atoms with Crippen molar-refractivity contribution >= 4 is 5.84 Å². The van der Waals surface area contributed by atoms with Crippen LogP contribution in [-0.4, -0.2) is 15.6 Å². The summed E-state index contributed by atoms with van der Waals surface area (Å²) in [6, 6.07) is 3.75. The number of nitrogens with one attached hydrogen (secondary N) is 1. The minimum absolute atomic E-state index is 0.0759. The molecule has 1 aromatic carbocycles. The number of amidine groups is 1. The van der Waals surface area contributed by atoms with Crippen molar-refractivity contribution in [3.8, 4) is 5.75 Å². The number of nitrogen functional groups attached to an aromatic ring is 1. The average molecular weight is 272 g/mol. The van der Waals surface area contributed by atoms with E-state index in [9.17, 15) is 0 Å². The number of benzene rings is 1. The first-order valence-electron chi connectivity index (χ1n) is 6.61. The molecule has 5 heteroatoms. The second kappa shape index (κ2) is 5.77. The molecule has 3 N–H and O–H groups in total. The fourth-order valence-electron chi connectivity index (χ4n) is 2.14. The second-order valence-corrected chi connectivity index (χ2v) is 4.85. The van der Waals surface area contributed by atoms with Crippen LogP contribution in [0.2, 0.25) is 0 Å². The first kappa shape index (κ1) is 14.1. The molecule has 0 saturated heterocycles. The molecule has 0 saturated carbocycles. The molecule has 0 bridgehead atoms. The fourth-order valence-corrected chi connectivity index (χ4v) is 2.14. The van der Waals surface area contributed by atoms with E-state index in [1.807, 2.05) is 50.0 Å². The van der Waals surface area contributed by atoms with Crippen LogP contribution in [-0.2, 0) is 13.2 Å². The molecule has 20 heavy (non-hydrogen) atoms. The molecule has 0 atom stereocenters. The Morgan fingerprint density at radius 3 is 2.50 bits per heavy atom. The maximum Gasteiger partial charge on any atom is 0.125 e. The molecule has 0 aliphatic rings. The van der Waals surface area contributed by atoms with Crippen molar-refractivity contribution < 1.29 is 4.74 Å². The van der Waals surface area contributed by atoms with Crippen LogP contribution in [0.5, 0.6) is 5.75 Å². The molecule has 0 amide bonds. The quantitative estimate of drug-likeness (QED) is 0.648. The summed E-state index contributed by atoms with van der Waals surface area (Å²) in [6.45, 7) is 7.31. The molecule has 1 heterocycles. The van der Waals surface area contributed by atoms with Crippen LogP contribution in [0.4, 0.5) is 0 Å². The van der Waals surface area contributed by atoms with Gasteiger partial charge in [0, 0.05) is 23.9 Å². The lowest BCUT2D eigenvalue weighted by Crippen LogP contribution is -2.12. The molecule has 2 rings (SSSR count). The number of nitrogens with two attached hydrogens (primary N) is 1. The predicted molar refractivity (Wildman–Crippen MR) is 79.2 cm³/mol. The molecule has 0 fully saturated rings. The Balaban J connectivity index is 2.15. The summed E-state index contributed by atoms with van der Waals surface area (Å²) >= 11 is 0. The zero-order valence-corrected chi connectivity index (χ0v) is 12.1. The first-order chi connectivity index (χ1) is 9.51. The molecule has 0 aliphatic carbocycles. The Bertz CT molecular complexity index is 608. The SMILES string of the molecule is CCn1cc(COc2c(C)cc(C(=N)N)cc2C)cn1. The lowest BCUT2D eigenvalue weighted by atomic mass is 10.1. The highest BCUT2D eigenvalue weighted by Gasteiger charge is 2.09. The Morgan fingerprint density at radius 2 is 2.00 bits per heavy atom. The third-order valence-electron chi connectivity index (χ3n) is 3.17. The topological polar surface area (TPSA) is 76.9 Å². The standard InChI is InChI=1S/C15H20N4O/c1-4-19-8-12(7-18-19)9-20-14-10(2)5-13(15(16)17)6-11(14)3/h5-8H,4,9H2,1-3H3,(H3,16,17). The molecule has 5 nitrogen and oxygen atoms in total. The number of aromatic nitrogens is 2. The van der Waals surface area contributed by atoms with Gasteiger partial charge in [0.15, 0.2) is 0 Å². The van der Waals surface area contributed by atoms with Crippen LogP contribution in [0.25, 0.3) is 0 Å². The molecule has 106 valence electrons. The van der Waals surface area contributed by atoms with Crippen LogP contribution < -0.4 is 10.5 Å². The Labute approximate surface area is 118 Å². The van der Waals surface area contributed by atoms with Crippen molar-refractivity contribution in [3.05, 3.63) is 46.8 Å². The molecular formula is C15H20N4O. The molecule has 2 aromatic rings. The second-order valence-electron chi connectivity index (χ2n) is 4.85. The minimum Gasteiger partial charge on any atom is -0.488 e. The molecule has 0 unspecified atom stereocenters. The number of rotatable bonds is 5. The van der Waals surface area contributed by atoms with E-state index in [1.165, 1.54) is 0 Å². The summed E-state index contributed by atoms with van der Waals surface area (Å²) < 4.78 is 7.75. The van der Waals surface area contributed by atoms with Gasteiger partial charge in [-0.15, -0.1) is 0 Å². The lowest BCUT2D eigenvalue weighted by molar-refractivity contribution is 0.302. The van der Waals surface area contributed by atoms with Crippen LogP contribution in [0.1, 0.15) is 29.2 Å². The monoisotopic (exact) mass is 272 g/mol. The smallest absolute Gasteiger partial charge is 0.125 e. The van der Waals surface area contributed by atoms with Gasteiger partial charge in [-0.3, -0.25) is 10.1 Å². The van der Waals surface area contributed by atoms with E-state index in [0.29, 0.717) is 6.61 Å². The third-order valence-corrected chi connectivity index (χ3v) is 3.17. The van der Waals surface area contributed by atoms with Crippen molar-refractivity contribution in [3.63, 3.8) is 0 Å². The van der Waals surface area contributed by atoms with Crippen LogP contribution >= 0.6 is 0 Å². The van der Waals surface area contributed by atoms with Crippen molar-refractivity contribution in [2.45, 2.75) is 33.9 Å². The summed E-state index contributed by atoms with van der Waals surface area (Å²) in [7, 11) is 0. The predicted octanol–water partition coefficient (Wildman–Crippen LogP) is 2.38. The van der Waals surface area contributed by atoms with E-state index in [1.54, 1.807) is 0 Å². The van der Waals surface area contributed by atoms with Gasteiger partial charge in [0.05, 0.1) is 6.20 Å². The van der Waals surface area contributed by atoms with Gasteiger partial charge in [-0.2, -0.15) is 5.10 Å². The van der Waals surface area contributed by atoms with Crippen molar-refractivity contribution in [1.82, 2.24) is 9.78 Å². The third kappa shape index (κ3) is 2.99. The van der Waals surface area contributed by atoms with Gasteiger partial charge in [0.2, 0.25) is 0 Å². The summed E-state index contributed by atoms with van der Waals surface area (Å²) in [6.07, 6.45) is 3.80. The van der Waals surface area contributed by atoms with Gasteiger partial charge < -0.3 is 10.5 Å². The van der Waals surface area contributed by atoms with Crippen molar-refractivity contribution in [1.29, 1.82) is 5.41 Å². The first-order valence-corrected chi connectivity index (χ1v) is 6.61. The highest BCUT2D eigenvalue weighted by Crippen LogP contribution is 2.25. The molecule has 0 spiro atoms. The van der Waals surface area contributed by atoms with E-state index in [4.69, 9.17) is 15.9 Å². The van der Waals surface area contributed by atoms with Gasteiger partial charge in [0.1, 0.15) is 18.2 Å². The molecule has 0 aliphatic heterocycles. The van der Waals surface area contributed by atoms with Crippen LogP contribution in [0.3, 0.4) is 0 Å². The maximum atomic E-state index is 7.49. The Hall–Kier alpha value is -2.30. The summed E-state index contributed by atoms with van der Waals surface area (Å²) in [5, 5.41) is 11.7. The Morgan fingerprint density at radius 1 is 1.35 bits per heavy atom. The molecule has 0 radical (unpaired) electrons. The van der Waals surface area contributed by atoms with E-state index >= 15 is 0 Å². The summed E-state index contributed by atoms with van der Waals surface area (Å²) in [4.78, 5) is 0. The fraction of sp³-hybridized carbons (Fsp3) is 0.333. The van der Waals surface area contributed by atoms with E-state index in [2.05, 4.69) is 5.10 Å². The average Bonchev–Trinajstić information content (AvgIpc) is 2.85. The normalized spacial score (nSPS) is 10.6. The van der Waals surface area contributed by atoms with E-state index in [-0.39, 0.29) is 5.84 Å². The summed E-state index contributed by atoms with van der Waals surface area (Å²) in [5.74, 6) is 0.922.